The molecular weight excluding hydrogens is 380 g/mol. The molecule has 0 amide bonds. The molecule has 0 saturated heterocycles. The maximum atomic E-state index is 12.4. The van der Waals surface area contributed by atoms with Crippen molar-refractivity contribution in [1.82, 2.24) is 4.98 Å². The molecule has 112 valence electrons. The number of carboxylic acids is 1. The Morgan fingerprint density at radius 1 is 1.38 bits per heavy atom. The predicted octanol–water partition coefficient (Wildman–Crippen LogP) is 3.02. The van der Waals surface area contributed by atoms with Crippen LogP contribution in [0.2, 0.25) is 0 Å². The molecule has 0 fully saturated rings. The van der Waals surface area contributed by atoms with Crippen LogP contribution in [-0.2, 0) is 10.0 Å². The molecule has 0 spiro atoms. The van der Waals surface area contributed by atoms with Crippen molar-refractivity contribution in [2.24, 2.45) is 0 Å². The number of hydrogen-bond donors (Lipinski definition) is 2. The van der Waals surface area contributed by atoms with E-state index in [-0.39, 0.29) is 15.6 Å². The Kier molecular flexibility index (Phi) is 4.35. The number of halogens is 1. The van der Waals surface area contributed by atoms with E-state index >= 15 is 0 Å². The van der Waals surface area contributed by atoms with Crippen molar-refractivity contribution >= 4 is 48.4 Å². The number of aryl methyl sites for hydroxylation is 1. The van der Waals surface area contributed by atoms with Crippen LogP contribution in [0.3, 0.4) is 0 Å². The van der Waals surface area contributed by atoms with Crippen molar-refractivity contribution in [3.8, 4) is 0 Å². The molecule has 0 radical (unpaired) electrons. The molecule has 0 atom stereocenters. The molecule has 2 rings (SSSR count). The molecule has 0 aliphatic rings. The van der Waals surface area contributed by atoms with Gasteiger partial charge in [0.1, 0.15) is 0 Å². The Hall–Kier alpha value is -1.45. The summed E-state index contributed by atoms with van der Waals surface area (Å²) in [6.07, 6.45) is 0. The molecule has 2 N–H and O–H groups in total. The zero-order chi connectivity index (χ0) is 15.8. The maximum absolute atomic E-state index is 12.4. The van der Waals surface area contributed by atoms with Crippen molar-refractivity contribution in [3.63, 3.8) is 0 Å². The number of nitrogens with zero attached hydrogens (tertiary/aromatic N) is 1. The van der Waals surface area contributed by atoms with Gasteiger partial charge in [0.05, 0.1) is 16.2 Å². The van der Waals surface area contributed by atoms with E-state index < -0.39 is 16.0 Å². The largest absolute Gasteiger partial charge is 0.478 e. The van der Waals surface area contributed by atoms with Gasteiger partial charge in [0.15, 0.2) is 5.13 Å². The van der Waals surface area contributed by atoms with Crippen molar-refractivity contribution in [2.75, 3.05) is 4.72 Å². The maximum Gasteiger partial charge on any atom is 0.335 e. The van der Waals surface area contributed by atoms with E-state index in [4.69, 9.17) is 5.11 Å². The third kappa shape index (κ3) is 3.42. The normalized spacial score (nSPS) is 11.4. The lowest BCUT2D eigenvalue weighted by atomic mass is 10.1. The minimum Gasteiger partial charge on any atom is -0.478 e. The standard InChI is InChI=1S/C12H11BrN2O4S2/c1-6-5-20-12(14-6)15-21(18,19)10-4-8(11(16)17)3-9(13)7(10)2/h3-5H,1-2H3,(H,14,15)(H,16,17). The monoisotopic (exact) mass is 390 g/mol. The number of nitrogens with one attached hydrogen (secondary N) is 1. The highest BCUT2D eigenvalue weighted by atomic mass is 79.9. The van der Waals surface area contributed by atoms with E-state index in [0.29, 0.717) is 15.7 Å². The number of carboxylic acid groups (broad SMARTS) is 1. The van der Waals surface area contributed by atoms with E-state index in [2.05, 4.69) is 25.6 Å². The second kappa shape index (κ2) is 5.74. The number of hydrogen-bond acceptors (Lipinski definition) is 5. The van der Waals surface area contributed by atoms with Crippen LogP contribution in [0.1, 0.15) is 21.6 Å². The first-order valence-electron chi connectivity index (χ1n) is 5.69. The molecule has 1 aromatic heterocycles. The van der Waals surface area contributed by atoms with Crippen LogP contribution in [0.25, 0.3) is 0 Å². The van der Waals surface area contributed by atoms with Gasteiger partial charge < -0.3 is 5.11 Å². The SMILES string of the molecule is Cc1csc(NS(=O)(=O)c2cc(C(=O)O)cc(Br)c2C)n1. The van der Waals surface area contributed by atoms with Crippen LogP contribution >= 0.6 is 27.3 Å². The molecule has 9 heteroatoms. The second-order valence-corrected chi connectivity index (χ2v) is 7.65. The highest BCUT2D eigenvalue weighted by Crippen LogP contribution is 2.28. The van der Waals surface area contributed by atoms with Gasteiger partial charge in [-0.1, -0.05) is 15.9 Å². The lowest BCUT2D eigenvalue weighted by molar-refractivity contribution is 0.0696. The van der Waals surface area contributed by atoms with Crippen LogP contribution in [0.15, 0.2) is 26.9 Å². The minimum absolute atomic E-state index is 0.0953. The Balaban J connectivity index is 2.51. The number of benzene rings is 1. The topological polar surface area (TPSA) is 96.4 Å². The van der Waals surface area contributed by atoms with Gasteiger partial charge >= 0.3 is 5.97 Å². The predicted molar refractivity (Wildman–Crippen MR) is 83.5 cm³/mol. The smallest absolute Gasteiger partial charge is 0.335 e. The minimum atomic E-state index is -3.90. The number of aromatic carboxylic acids is 1. The van der Waals surface area contributed by atoms with Crippen molar-refractivity contribution in [3.05, 3.63) is 38.8 Å². The molecule has 0 aliphatic heterocycles. The Morgan fingerprint density at radius 2 is 2.05 bits per heavy atom. The summed E-state index contributed by atoms with van der Waals surface area (Å²) in [5, 5.41) is 11.0. The van der Waals surface area contributed by atoms with Gasteiger partial charge in [0.25, 0.3) is 10.0 Å². The number of rotatable bonds is 4. The summed E-state index contributed by atoms with van der Waals surface area (Å²) in [7, 11) is -3.90. The van der Waals surface area contributed by atoms with Gasteiger partial charge in [-0.3, -0.25) is 4.72 Å². The first-order valence-corrected chi connectivity index (χ1v) is 8.84. The molecule has 1 aromatic carbocycles. The van der Waals surface area contributed by atoms with Crippen molar-refractivity contribution in [2.45, 2.75) is 18.7 Å². The van der Waals surface area contributed by atoms with Crippen LogP contribution in [0.5, 0.6) is 0 Å². The fraction of sp³-hybridized carbons (Fsp3) is 0.167. The summed E-state index contributed by atoms with van der Waals surface area (Å²) < 4.78 is 27.6. The van der Waals surface area contributed by atoms with E-state index in [0.717, 1.165) is 17.4 Å². The van der Waals surface area contributed by atoms with Crippen LogP contribution in [0.4, 0.5) is 5.13 Å². The Bertz CT molecular complexity index is 815. The summed E-state index contributed by atoms with van der Waals surface area (Å²) in [6, 6.07) is 2.50. The van der Waals surface area contributed by atoms with E-state index in [1.54, 1.807) is 19.2 Å². The van der Waals surface area contributed by atoms with Crippen molar-refractivity contribution < 1.29 is 18.3 Å². The van der Waals surface area contributed by atoms with E-state index in [9.17, 15) is 13.2 Å². The van der Waals surface area contributed by atoms with E-state index in [1.807, 2.05) is 0 Å². The van der Waals surface area contributed by atoms with Gasteiger partial charge in [-0.15, -0.1) is 11.3 Å². The van der Waals surface area contributed by atoms with Crippen LogP contribution < -0.4 is 4.72 Å². The molecule has 1 heterocycles. The highest BCUT2D eigenvalue weighted by Gasteiger charge is 2.22. The summed E-state index contributed by atoms with van der Waals surface area (Å²) in [6.45, 7) is 3.35. The third-order valence-electron chi connectivity index (χ3n) is 2.67. The average Bonchev–Trinajstić information content (AvgIpc) is 2.76. The van der Waals surface area contributed by atoms with Crippen molar-refractivity contribution in [1.29, 1.82) is 0 Å². The first-order chi connectivity index (χ1) is 9.70. The Labute approximate surface area is 134 Å². The molecule has 2 aromatic rings. The zero-order valence-corrected chi connectivity index (χ0v) is 14.3. The van der Waals surface area contributed by atoms with E-state index in [1.165, 1.54) is 6.07 Å². The Morgan fingerprint density at radius 3 is 2.57 bits per heavy atom. The fourth-order valence-electron chi connectivity index (χ4n) is 1.63. The lowest BCUT2D eigenvalue weighted by Gasteiger charge is -2.11. The summed E-state index contributed by atoms with van der Waals surface area (Å²) in [5.41, 5.74) is 1.03. The molecule has 0 aliphatic carbocycles. The fourth-order valence-corrected chi connectivity index (χ4v) is 4.45. The third-order valence-corrected chi connectivity index (χ3v) is 5.97. The zero-order valence-electron chi connectivity index (χ0n) is 11.0. The number of thiazole rings is 1. The van der Waals surface area contributed by atoms with Crippen LogP contribution in [-0.4, -0.2) is 24.5 Å². The van der Waals surface area contributed by atoms with Crippen LogP contribution in [0, 0.1) is 13.8 Å². The highest BCUT2D eigenvalue weighted by molar-refractivity contribution is 9.10. The quantitative estimate of drug-likeness (QED) is 0.835. The first kappa shape index (κ1) is 15.9. The summed E-state index contributed by atoms with van der Waals surface area (Å²) in [4.78, 5) is 15.0. The van der Waals surface area contributed by atoms with Gasteiger partial charge in [-0.05, 0) is 31.5 Å². The second-order valence-electron chi connectivity index (χ2n) is 4.29. The lowest BCUT2D eigenvalue weighted by Crippen LogP contribution is -2.15. The van der Waals surface area contributed by atoms with Gasteiger partial charge in [-0.25, -0.2) is 18.2 Å². The number of anilines is 1. The van der Waals surface area contributed by atoms with Gasteiger partial charge in [0.2, 0.25) is 0 Å². The molecule has 6 nitrogen and oxygen atoms in total. The summed E-state index contributed by atoms with van der Waals surface area (Å²) >= 11 is 4.34. The van der Waals surface area contributed by atoms with Gasteiger partial charge in [-0.2, -0.15) is 0 Å². The number of carbonyl (C=O) groups is 1. The molecule has 21 heavy (non-hydrogen) atoms. The molecule has 0 saturated carbocycles. The molecule has 0 unspecified atom stereocenters. The number of sulfonamides is 1. The average molecular weight is 391 g/mol. The number of aromatic nitrogens is 1. The molecular formula is C12H11BrN2O4S2. The molecule has 0 bridgehead atoms. The summed E-state index contributed by atoms with van der Waals surface area (Å²) in [5.74, 6) is -1.20. The van der Waals surface area contributed by atoms with Gasteiger partial charge in [0, 0.05) is 9.85 Å².